The van der Waals surface area contributed by atoms with Crippen LogP contribution in [0.5, 0.6) is 0 Å². The van der Waals surface area contributed by atoms with Crippen molar-refractivity contribution in [3.63, 3.8) is 0 Å². The second kappa shape index (κ2) is 6.56. The van der Waals surface area contributed by atoms with Crippen LogP contribution in [-0.2, 0) is 9.59 Å². The highest BCUT2D eigenvalue weighted by Gasteiger charge is 2.31. The van der Waals surface area contributed by atoms with Crippen LogP contribution < -0.4 is 10.2 Å². The van der Waals surface area contributed by atoms with Gasteiger partial charge in [0.15, 0.2) is 0 Å². The van der Waals surface area contributed by atoms with Crippen LogP contribution in [0.2, 0.25) is 0 Å². The number of carbonyl (C=O) groups excluding carboxylic acids is 2. The molecule has 1 fully saturated rings. The highest BCUT2D eigenvalue weighted by Crippen LogP contribution is 2.24. The summed E-state index contributed by atoms with van der Waals surface area (Å²) < 4.78 is 14.0. The maximum Gasteiger partial charge on any atom is 0.249 e. The fourth-order valence-corrected chi connectivity index (χ4v) is 2.63. The molecule has 2 rings (SSSR count). The molecule has 0 saturated carbocycles. The van der Waals surface area contributed by atoms with Gasteiger partial charge in [-0.25, -0.2) is 4.39 Å². The molecule has 0 aliphatic carbocycles. The van der Waals surface area contributed by atoms with Gasteiger partial charge in [-0.15, -0.1) is 0 Å². The number of nitrogens with zero attached hydrogens (tertiary/aromatic N) is 1. The van der Waals surface area contributed by atoms with Gasteiger partial charge in [-0.05, 0) is 46.5 Å². The molecule has 1 aliphatic rings. The van der Waals surface area contributed by atoms with Gasteiger partial charge in [-0.1, -0.05) is 13.8 Å². The Morgan fingerprint density at radius 1 is 1.43 bits per heavy atom. The van der Waals surface area contributed by atoms with Crippen molar-refractivity contribution in [2.24, 2.45) is 5.92 Å². The van der Waals surface area contributed by atoms with Crippen LogP contribution in [-0.4, -0.2) is 24.4 Å². The first-order valence-electron chi connectivity index (χ1n) is 6.94. The van der Waals surface area contributed by atoms with Crippen molar-refractivity contribution in [3.8, 4) is 0 Å². The van der Waals surface area contributed by atoms with Crippen molar-refractivity contribution < 1.29 is 14.0 Å². The van der Waals surface area contributed by atoms with E-state index in [0.29, 0.717) is 16.6 Å². The molecule has 21 heavy (non-hydrogen) atoms. The molecule has 4 nitrogen and oxygen atoms in total. The van der Waals surface area contributed by atoms with Gasteiger partial charge >= 0.3 is 0 Å². The van der Waals surface area contributed by atoms with Crippen LogP contribution in [0.15, 0.2) is 22.7 Å². The van der Waals surface area contributed by atoms with E-state index < -0.39 is 11.9 Å². The minimum absolute atomic E-state index is 0.144. The van der Waals surface area contributed by atoms with E-state index in [0.717, 1.165) is 0 Å². The first kappa shape index (κ1) is 15.9. The standard InChI is InChI=1S/C15H18BrFN2O2/c1-9(2)7-13-15(21)19(6-5-14(20)18-13)10-3-4-11(16)12(17)8-10/h3-4,8-9,13H,5-7H2,1-2H3,(H,18,20). The van der Waals surface area contributed by atoms with E-state index in [9.17, 15) is 14.0 Å². The molecule has 0 bridgehead atoms. The Kier molecular flexibility index (Phi) is 4.98. The van der Waals surface area contributed by atoms with Gasteiger partial charge in [-0.3, -0.25) is 9.59 Å². The molecular weight excluding hydrogens is 339 g/mol. The molecule has 0 spiro atoms. The lowest BCUT2D eigenvalue weighted by Crippen LogP contribution is -2.45. The molecular formula is C15H18BrFN2O2. The number of nitrogens with one attached hydrogen (secondary N) is 1. The quantitative estimate of drug-likeness (QED) is 0.905. The Morgan fingerprint density at radius 3 is 2.76 bits per heavy atom. The van der Waals surface area contributed by atoms with Crippen molar-refractivity contribution in [2.75, 3.05) is 11.4 Å². The highest BCUT2D eigenvalue weighted by molar-refractivity contribution is 9.10. The fraction of sp³-hybridized carbons (Fsp3) is 0.467. The van der Waals surface area contributed by atoms with Crippen LogP contribution in [0.1, 0.15) is 26.7 Å². The molecule has 1 aromatic carbocycles. The van der Waals surface area contributed by atoms with Crippen LogP contribution >= 0.6 is 15.9 Å². The summed E-state index contributed by atoms with van der Waals surface area (Å²) in [6, 6.07) is 4.00. The summed E-state index contributed by atoms with van der Waals surface area (Å²) in [4.78, 5) is 25.8. The van der Waals surface area contributed by atoms with Crippen molar-refractivity contribution in [2.45, 2.75) is 32.7 Å². The number of amides is 2. The van der Waals surface area contributed by atoms with Gasteiger partial charge in [0.1, 0.15) is 11.9 Å². The average Bonchev–Trinajstić information content (AvgIpc) is 2.53. The third-order valence-corrected chi connectivity index (χ3v) is 4.03. The third kappa shape index (κ3) is 3.81. The summed E-state index contributed by atoms with van der Waals surface area (Å²) in [6.07, 6.45) is 0.790. The predicted molar refractivity (Wildman–Crippen MR) is 82.5 cm³/mol. The number of carbonyl (C=O) groups is 2. The van der Waals surface area contributed by atoms with Crippen molar-refractivity contribution in [3.05, 3.63) is 28.5 Å². The Morgan fingerprint density at radius 2 is 2.14 bits per heavy atom. The van der Waals surface area contributed by atoms with E-state index in [1.165, 1.54) is 11.0 Å². The summed E-state index contributed by atoms with van der Waals surface area (Å²) in [5.74, 6) is -0.476. The van der Waals surface area contributed by atoms with E-state index >= 15 is 0 Å². The van der Waals surface area contributed by atoms with Crippen LogP contribution in [0, 0.1) is 11.7 Å². The molecule has 1 unspecified atom stereocenters. The summed E-state index contributed by atoms with van der Waals surface area (Å²) in [7, 11) is 0. The van der Waals surface area contributed by atoms with Gasteiger partial charge in [0, 0.05) is 18.7 Å². The summed E-state index contributed by atoms with van der Waals surface area (Å²) >= 11 is 3.09. The number of rotatable bonds is 3. The molecule has 1 aromatic rings. The molecule has 1 N–H and O–H groups in total. The molecule has 1 atom stereocenters. The van der Waals surface area contributed by atoms with Gasteiger partial charge < -0.3 is 10.2 Å². The van der Waals surface area contributed by atoms with Gasteiger partial charge in [0.2, 0.25) is 11.8 Å². The van der Waals surface area contributed by atoms with Crippen LogP contribution in [0.4, 0.5) is 10.1 Å². The highest BCUT2D eigenvalue weighted by atomic mass is 79.9. The fourth-order valence-electron chi connectivity index (χ4n) is 2.38. The molecule has 1 saturated heterocycles. The Labute approximate surface area is 131 Å². The molecule has 0 radical (unpaired) electrons. The summed E-state index contributed by atoms with van der Waals surface area (Å²) in [6.45, 7) is 4.25. The van der Waals surface area contributed by atoms with E-state index in [1.807, 2.05) is 13.8 Å². The lowest BCUT2D eigenvalue weighted by atomic mass is 10.0. The van der Waals surface area contributed by atoms with Gasteiger partial charge in [0.25, 0.3) is 0 Å². The molecule has 114 valence electrons. The third-order valence-electron chi connectivity index (χ3n) is 3.38. The van der Waals surface area contributed by atoms with Crippen LogP contribution in [0.3, 0.4) is 0 Å². The SMILES string of the molecule is CC(C)CC1NC(=O)CCN(c2ccc(Br)c(F)c2)C1=O. The van der Waals surface area contributed by atoms with E-state index in [1.54, 1.807) is 12.1 Å². The van der Waals surface area contributed by atoms with E-state index in [2.05, 4.69) is 21.2 Å². The second-order valence-corrected chi connectivity index (χ2v) is 6.44. The molecule has 1 aliphatic heterocycles. The molecule has 0 aromatic heterocycles. The smallest absolute Gasteiger partial charge is 0.249 e. The largest absolute Gasteiger partial charge is 0.344 e. The normalized spacial score (nSPS) is 19.7. The summed E-state index contributed by atoms with van der Waals surface area (Å²) in [5.41, 5.74) is 0.478. The number of hydrogen-bond donors (Lipinski definition) is 1. The number of benzene rings is 1. The maximum atomic E-state index is 13.7. The topological polar surface area (TPSA) is 49.4 Å². The first-order chi connectivity index (χ1) is 9.88. The zero-order valence-corrected chi connectivity index (χ0v) is 13.6. The van der Waals surface area contributed by atoms with Gasteiger partial charge in [0.05, 0.1) is 4.47 Å². The monoisotopic (exact) mass is 356 g/mol. The lowest BCUT2D eigenvalue weighted by Gasteiger charge is -2.25. The van der Waals surface area contributed by atoms with Crippen molar-refractivity contribution in [1.82, 2.24) is 5.32 Å². The Bertz CT molecular complexity index is 563. The van der Waals surface area contributed by atoms with E-state index in [-0.39, 0.29) is 30.7 Å². The zero-order valence-electron chi connectivity index (χ0n) is 12.0. The van der Waals surface area contributed by atoms with E-state index in [4.69, 9.17) is 0 Å². The van der Waals surface area contributed by atoms with Crippen molar-refractivity contribution >= 4 is 33.4 Å². The second-order valence-electron chi connectivity index (χ2n) is 5.59. The zero-order chi connectivity index (χ0) is 15.6. The first-order valence-corrected chi connectivity index (χ1v) is 7.73. The minimum Gasteiger partial charge on any atom is -0.344 e. The maximum absolute atomic E-state index is 13.7. The summed E-state index contributed by atoms with van der Waals surface area (Å²) in [5, 5.41) is 2.75. The molecule has 2 amide bonds. The number of halogens is 2. The average molecular weight is 357 g/mol. The van der Waals surface area contributed by atoms with Crippen LogP contribution in [0.25, 0.3) is 0 Å². The number of anilines is 1. The number of hydrogen-bond acceptors (Lipinski definition) is 2. The lowest BCUT2D eigenvalue weighted by molar-refractivity contribution is -0.125. The Hall–Kier alpha value is -1.43. The molecule has 1 heterocycles. The predicted octanol–water partition coefficient (Wildman–Crippen LogP) is 2.86. The molecule has 6 heteroatoms. The minimum atomic E-state index is -0.549. The van der Waals surface area contributed by atoms with Gasteiger partial charge in [-0.2, -0.15) is 0 Å². The Balaban J connectivity index is 2.30. The van der Waals surface area contributed by atoms with Crippen molar-refractivity contribution in [1.29, 1.82) is 0 Å².